The van der Waals surface area contributed by atoms with Crippen molar-refractivity contribution in [3.63, 3.8) is 0 Å². The first-order valence-corrected chi connectivity index (χ1v) is 10.8. The number of aliphatic hydroxyl groups is 1. The van der Waals surface area contributed by atoms with E-state index in [1.54, 1.807) is 7.11 Å². The van der Waals surface area contributed by atoms with Crippen LogP contribution < -0.4 is 4.74 Å². The van der Waals surface area contributed by atoms with Gasteiger partial charge >= 0.3 is 0 Å². The number of hydrogen-bond donors (Lipinski definition) is 2. The minimum absolute atomic E-state index is 0.345. The van der Waals surface area contributed by atoms with Gasteiger partial charge in [-0.15, -0.1) is 6.58 Å². The van der Waals surface area contributed by atoms with Crippen LogP contribution in [0, 0.1) is 6.92 Å². The summed E-state index contributed by atoms with van der Waals surface area (Å²) in [7, 11) is 1.70. The molecule has 5 rings (SSSR count). The first kappa shape index (κ1) is 19.4. The van der Waals surface area contributed by atoms with E-state index in [0.29, 0.717) is 13.0 Å². The normalized spacial score (nSPS) is 26.2. The lowest BCUT2D eigenvalue weighted by Gasteiger charge is -2.56. The van der Waals surface area contributed by atoms with Crippen molar-refractivity contribution in [2.45, 2.75) is 37.2 Å². The number of benzene rings is 2. The van der Waals surface area contributed by atoms with Crippen LogP contribution in [0.2, 0.25) is 0 Å². The summed E-state index contributed by atoms with van der Waals surface area (Å²) in [4.78, 5) is 6.02. The van der Waals surface area contributed by atoms with Gasteiger partial charge in [-0.25, -0.2) is 0 Å². The van der Waals surface area contributed by atoms with Gasteiger partial charge in [-0.1, -0.05) is 30.3 Å². The van der Waals surface area contributed by atoms with Crippen LogP contribution in [0.25, 0.3) is 10.9 Å². The Morgan fingerprint density at radius 1 is 1.23 bits per heavy atom. The molecule has 2 aliphatic rings. The molecule has 2 unspecified atom stereocenters. The van der Waals surface area contributed by atoms with E-state index in [9.17, 15) is 5.11 Å². The molecule has 1 aliphatic heterocycles. The van der Waals surface area contributed by atoms with Gasteiger partial charge in [-0.05, 0) is 54.8 Å². The van der Waals surface area contributed by atoms with Gasteiger partial charge in [-0.2, -0.15) is 0 Å². The zero-order chi connectivity index (χ0) is 20.9. The molecule has 30 heavy (non-hydrogen) atoms. The summed E-state index contributed by atoms with van der Waals surface area (Å²) in [6.07, 6.45) is 4.29. The maximum absolute atomic E-state index is 12.3. The standard InChI is InChI=1S/C26H30N2O2/c1-4-11-28-12-10-25(19-6-5-7-20(14-19)30-3)16-24-22(15-26(25,29)17-28)21-9-8-18(2)13-23(21)27-24/h4-9,13-14,27,29H,1,10-12,15-17H2,2-3H3. The minimum Gasteiger partial charge on any atom is -0.497 e. The molecule has 2 N–H and O–H groups in total. The Balaban J connectivity index is 1.68. The van der Waals surface area contributed by atoms with Crippen molar-refractivity contribution >= 4 is 10.9 Å². The van der Waals surface area contributed by atoms with Crippen LogP contribution in [0.1, 0.15) is 28.8 Å². The molecule has 3 aromatic rings. The number of aromatic amines is 1. The van der Waals surface area contributed by atoms with Crippen LogP contribution >= 0.6 is 0 Å². The number of fused-ring (bicyclic) bond motifs is 4. The van der Waals surface area contributed by atoms with Gasteiger partial charge in [-0.3, -0.25) is 4.90 Å². The number of nitrogens with zero attached hydrogens (tertiary/aromatic N) is 1. The second kappa shape index (κ2) is 7.00. The summed E-state index contributed by atoms with van der Waals surface area (Å²) >= 11 is 0. The lowest BCUT2D eigenvalue weighted by atomic mass is 9.56. The monoisotopic (exact) mass is 402 g/mol. The van der Waals surface area contributed by atoms with E-state index >= 15 is 0 Å². The SMILES string of the molecule is C=CCN1CCC2(c3cccc(OC)c3)Cc3[nH]c4cc(C)ccc4c3CC2(O)C1. The van der Waals surface area contributed by atoms with Crippen molar-refractivity contribution in [3.8, 4) is 5.75 Å². The third-order valence-electron chi connectivity index (χ3n) is 7.34. The molecule has 1 fully saturated rings. The molecule has 2 atom stereocenters. The predicted octanol–water partition coefficient (Wildman–Crippen LogP) is 4.14. The topological polar surface area (TPSA) is 48.5 Å². The smallest absolute Gasteiger partial charge is 0.119 e. The van der Waals surface area contributed by atoms with Gasteiger partial charge in [0.05, 0.1) is 12.7 Å². The summed E-state index contributed by atoms with van der Waals surface area (Å²) in [5, 5.41) is 13.5. The fourth-order valence-electron chi connectivity index (χ4n) is 5.81. The quantitative estimate of drug-likeness (QED) is 0.645. The highest BCUT2D eigenvalue weighted by Crippen LogP contribution is 2.51. The Bertz CT molecular complexity index is 1120. The first-order valence-electron chi connectivity index (χ1n) is 10.8. The Hall–Kier alpha value is -2.56. The molecule has 4 heteroatoms. The molecule has 2 aromatic carbocycles. The molecule has 156 valence electrons. The third-order valence-corrected chi connectivity index (χ3v) is 7.34. The van der Waals surface area contributed by atoms with Crippen molar-refractivity contribution in [3.05, 3.63) is 77.5 Å². The second-order valence-electron chi connectivity index (χ2n) is 9.10. The van der Waals surface area contributed by atoms with Crippen molar-refractivity contribution in [1.82, 2.24) is 9.88 Å². The maximum atomic E-state index is 12.3. The lowest BCUT2D eigenvalue weighted by molar-refractivity contribution is -0.100. The molecule has 0 bridgehead atoms. The van der Waals surface area contributed by atoms with Gasteiger partial charge in [0.15, 0.2) is 0 Å². The molecule has 1 aliphatic carbocycles. The molecule has 2 heterocycles. The van der Waals surface area contributed by atoms with Crippen molar-refractivity contribution in [1.29, 1.82) is 0 Å². The van der Waals surface area contributed by atoms with E-state index in [4.69, 9.17) is 4.74 Å². The summed E-state index contributed by atoms with van der Waals surface area (Å²) in [5.41, 5.74) is 4.92. The van der Waals surface area contributed by atoms with E-state index in [1.807, 2.05) is 18.2 Å². The molecule has 0 amide bonds. The molecule has 1 aromatic heterocycles. The number of methoxy groups -OCH3 is 1. The Morgan fingerprint density at radius 2 is 2.10 bits per heavy atom. The summed E-state index contributed by atoms with van der Waals surface area (Å²) in [6, 6.07) is 14.9. The molecule has 0 saturated carbocycles. The number of H-pyrrole nitrogens is 1. The number of piperidine rings is 1. The summed E-state index contributed by atoms with van der Waals surface area (Å²) in [6.45, 7) is 8.43. The molecule has 4 nitrogen and oxygen atoms in total. The average Bonchev–Trinajstić information content (AvgIpc) is 3.07. The van der Waals surface area contributed by atoms with E-state index in [0.717, 1.165) is 31.7 Å². The van der Waals surface area contributed by atoms with Gasteiger partial charge in [0, 0.05) is 47.9 Å². The lowest BCUT2D eigenvalue weighted by Crippen LogP contribution is -2.66. The molecular weight excluding hydrogens is 372 g/mol. The molecule has 0 radical (unpaired) electrons. The first-order chi connectivity index (χ1) is 14.5. The number of ether oxygens (including phenoxy) is 1. The average molecular weight is 403 g/mol. The highest BCUT2D eigenvalue weighted by molar-refractivity contribution is 5.86. The van der Waals surface area contributed by atoms with Crippen molar-refractivity contribution in [2.75, 3.05) is 26.7 Å². The minimum atomic E-state index is -0.854. The van der Waals surface area contributed by atoms with Crippen LogP contribution in [-0.2, 0) is 18.3 Å². The zero-order valence-corrected chi connectivity index (χ0v) is 17.9. The number of rotatable bonds is 4. The highest BCUT2D eigenvalue weighted by atomic mass is 16.5. The van der Waals surface area contributed by atoms with Crippen molar-refractivity contribution < 1.29 is 9.84 Å². The molecule has 1 saturated heterocycles. The van der Waals surface area contributed by atoms with Crippen molar-refractivity contribution in [2.24, 2.45) is 0 Å². The number of β-amino-alcohol motifs (C(OH)–C–C–N with tert-alkyl or cyclic N) is 1. The summed E-state index contributed by atoms with van der Waals surface area (Å²) in [5.74, 6) is 0.843. The third kappa shape index (κ3) is 2.82. The van der Waals surface area contributed by atoms with Crippen LogP contribution in [0.5, 0.6) is 5.75 Å². The van der Waals surface area contributed by atoms with Crippen LogP contribution in [0.15, 0.2) is 55.1 Å². The number of hydrogen-bond acceptors (Lipinski definition) is 3. The van der Waals surface area contributed by atoms with Gasteiger partial charge in [0.1, 0.15) is 5.75 Å². The summed E-state index contributed by atoms with van der Waals surface area (Å²) < 4.78 is 5.53. The highest BCUT2D eigenvalue weighted by Gasteiger charge is 2.57. The number of likely N-dealkylation sites (tertiary alicyclic amines) is 1. The maximum Gasteiger partial charge on any atom is 0.119 e. The molecule has 0 spiro atoms. The van der Waals surface area contributed by atoms with Crippen LogP contribution in [0.3, 0.4) is 0 Å². The fraction of sp³-hybridized carbons (Fsp3) is 0.385. The van der Waals surface area contributed by atoms with Gasteiger partial charge in [0.25, 0.3) is 0 Å². The largest absolute Gasteiger partial charge is 0.497 e. The number of aromatic nitrogens is 1. The van der Waals surface area contributed by atoms with Gasteiger partial charge in [0.2, 0.25) is 0 Å². The number of nitrogens with one attached hydrogen (secondary N) is 1. The van der Waals surface area contributed by atoms with E-state index < -0.39 is 5.60 Å². The van der Waals surface area contributed by atoms with E-state index in [-0.39, 0.29) is 5.41 Å². The Labute approximate surface area is 178 Å². The Morgan fingerprint density at radius 3 is 2.90 bits per heavy atom. The van der Waals surface area contributed by atoms with Gasteiger partial charge < -0.3 is 14.8 Å². The van der Waals surface area contributed by atoms with E-state index in [1.165, 1.54) is 33.3 Å². The number of aryl methyl sites for hydroxylation is 1. The predicted molar refractivity (Wildman–Crippen MR) is 121 cm³/mol. The zero-order valence-electron chi connectivity index (χ0n) is 17.9. The van der Waals surface area contributed by atoms with Crippen LogP contribution in [0.4, 0.5) is 0 Å². The van der Waals surface area contributed by atoms with Crippen LogP contribution in [-0.4, -0.2) is 47.3 Å². The fourth-order valence-corrected chi connectivity index (χ4v) is 5.81. The second-order valence-corrected chi connectivity index (χ2v) is 9.10. The molecular formula is C26H30N2O2. The Kier molecular flexibility index (Phi) is 4.53. The van der Waals surface area contributed by atoms with E-state index in [2.05, 4.69) is 53.7 Å².